The molecule has 0 bridgehead atoms. The van der Waals surface area contributed by atoms with E-state index in [1.165, 1.54) is 13.2 Å². The van der Waals surface area contributed by atoms with E-state index < -0.39 is 6.10 Å². The van der Waals surface area contributed by atoms with Crippen molar-refractivity contribution in [1.82, 2.24) is 4.98 Å². The number of phenolic OH excluding ortho intramolecular Hbond substituents is 1. The Bertz CT molecular complexity index is 925. The van der Waals surface area contributed by atoms with Crippen molar-refractivity contribution in [2.24, 2.45) is 0 Å². The summed E-state index contributed by atoms with van der Waals surface area (Å²) in [5, 5.41) is 39.2. The van der Waals surface area contributed by atoms with Gasteiger partial charge in [-0.3, -0.25) is 4.98 Å². The van der Waals surface area contributed by atoms with Crippen LogP contribution in [0.4, 0.5) is 0 Å². The Morgan fingerprint density at radius 2 is 2.07 bits per heavy atom. The maximum Gasteiger partial charge on any atom is 0.171 e. The summed E-state index contributed by atoms with van der Waals surface area (Å²) in [5.74, 6) is 0.465. The van der Waals surface area contributed by atoms with Gasteiger partial charge >= 0.3 is 0 Å². The van der Waals surface area contributed by atoms with Crippen molar-refractivity contribution in [3.05, 3.63) is 75.2 Å². The van der Waals surface area contributed by atoms with E-state index in [1.807, 2.05) is 52.9 Å². The third kappa shape index (κ3) is 6.40. The summed E-state index contributed by atoms with van der Waals surface area (Å²) in [4.78, 5) is 4.42. The van der Waals surface area contributed by atoms with Gasteiger partial charge in [0.05, 0.1) is 35.7 Å². The quantitative estimate of drug-likeness (QED) is 0.281. The van der Waals surface area contributed by atoms with Crippen LogP contribution in [0.5, 0.6) is 11.5 Å². The standard InChI is InChI=1S/C23H26INO5/c1-15(14-27)18(8-10-26)21(28)7-6-17(20-5-3-4-9-25-20)11-16-12-19(24)23(29)22(13-16)30-2/h3-5,8-9,11-13,21,26-29H,1,6-7,10,14H2,2H3/b17-11-,18-8-. The first kappa shape index (κ1) is 24.1. The van der Waals surface area contributed by atoms with Crippen LogP contribution < -0.4 is 4.74 Å². The Labute approximate surface area is 190 Å². The molecule has 1 heterocycles. The smallest absolute Gasteiger partial charge is 0.171 e. The summed E-state index contributed by atoms with van der Waals surface area (Å²) < 4.78 is 5.90. The van der Waals surface area contributed by atoms with E-state index >= 15 is 0 Å². The van der Waals surface area contributed by atoms with Crippen LogP contribution in [0.15, 0.2) is 60.3 Å². The molecule has 7 heteroatoms. The van der Waals surface area contributed by atoms with Crippen LogP contribution >= 0.6 is 22.6 Å². The van der Waals surface area contributed by atoms with Gasteiger partial charge < -0.3 is 25.2 Å². The molecule has 0 fully saturated rings. The van der Waals surface area contributed by atoms with Crippen LogP contribution in [-0.4, -0.2) is 51.8 Å². The summed E-state index contributed by atoms with van der Waals surface area (Å²) in [5.41, 5.74) is 3.28. The normalized spacial score (nSPS) is 13.2. The van der Waals surface area contributed by atoms with Crippen molar-refractivity contribution < 1.29 is 25.2 Å². The number of hydrogen-bond donors (Lipinski definition) is 4. The molecular weight excluding hydrogens is 497 g/mol. The van der Waals surface area contributed by atoms with E-state index in [1.54, 1.807) is 12.3 Å². The first-order valence-corrected chi connectivity index (χ1v) is 10.5. The number of aliphatic hydroxyl groups excluding tert-OH is 3. The van der Waals surface area contributed by atoms with Crippen LogP contribution in [-0.2, 0) is 0 Å². The van der Waals surface area contributed by atoms with Crippen molar-refractivity contribution in [1.29, 1.82) is 0 Å². The van der Waals surface area contributed by atoms with Gasteiger partial charge in [0.2, 0.25) is 0 Å². The van der Waals surface area contributed by atoms with Crippen molar-refractivity contribution >= 4 is 34.2 Å². The van der Waals surface area contributed by atoms with Gasteiger partial charge in [-0.15, -0.1) is 0 Å². The van der Waals surface area contributed by atoms with E-state index in [4.69, 9.17) is 4.74 Å². The molecule has 0 aliphatic rings. The van der Waals surface area contributed by atoms with E-state index in [-0.39, 0.29) is 19.0 Å². The highest BCUT2D eigenvalue weighted by molar-refractivity contribution is 14.1. The Hall–Kier alpha value is -2.20. The lowest BCUT2D eigenvalue weighted by atomic mass is 9.94. The monoisotopic (exact) mass is 523 g/mol. The highest BCUT2D eigenvalue weighted by Gasteiger charge is 2.16. The number of nitrogens with zero attached hydrogens (tertiary/aromatic N) is 1. The van der Waals surface area contributed by atoms with Gasteiger partial charge in [0.25, 0.3) is 0 Å². The molecule has 1 aromatic carbocycles. The fourth-order valence-electron chi connectivity index (χ4n) is 3.01. The molecule has 6 nitrogen and oxygen atoms in total. The molecule has 0 aliphatic carbocycles. The minimum atomic E-state index is -0.890. The molecule has 0 aliphatic heterocycles. The average Bonchev–Trinajstić information content (AvgIpc) is 2.76. The molecule has 30 heavy (non-hydrogen) atoms. The van der Waals surface area contributed by atoms with E-state index in [0.29, 0.717) is 33.3 Å². The third-order valence-electron chi connectivity index (χ3n) is 4.56. The van der Waals surface area contributed by atoms with Crippen molar-refractivity contribution in [3.8, 4) is 11.5 Å². The Balaban J connectivity index is 2.36. The molecule has 2 rings (SSSR count). The molecule has 0 saturated heterocycles. The van der Waals surface area contributed by atoms with E-state index in [0.717, 1.165) is 16.8 Å². The SMILES string of the molecule is C=C(CO)/C(=C/CO)C(O)CC/C(=C/c1cc(I)c(O)c(OC)c1)c1ccccn1. The molecule has 0 amide bonds. The summed E-state index contributed by atoms with van der Waals surface area (Å²) >= 11 is 2.04. The molecule has 160 valence electrons. The predicted octanol–water partition coefficient (Wildman–Crippen LogP) is 3.55. The van der Waals surface area contributed by atoms with Crippen LogP contribution in [0.25, 0.3) is 11.6 Å². The zero-order valence-corrected chi connectivity index (χ0v) is 18.9. The van der Waals surface area contributed by atoms with Crippen LogP contribution in [0, 0.1) is 3.57 Å². The van der Waals surface area contributed by atoms with E-state index in [9.17, 15) is 20.4 Å². The minimum Gasteiger partial charge on any atom is -0.504 e. The molecule has 2 aromatic rings. The lowest BCUT2D eigenvalue weighted by Gasteiger charge is -2.17. The first-order valence-electron chi connectivity index (χ1n) is 9.37. The topological polar surface area (TPSA) is 103 Å². The summed E-state index contributed by atoms with van der Waals surface area (Å²) in [7, 11) is 1.50. The number of methoxy groups -OCH3 is 1. The second-order valence-corrected chi connectivity index (χ2v) is 7.76. The first-order chi connectivity index (χ1) is 14.4. The van der Waals surface area contributed by atoms with Gasteiger partial charge in [-0.1, -0.05) is 18.7 Å². The largest absolute Gasteiger partial charge is 0.504 e. The highest BCUT2D eigenvalue weighted by atomic mass is 127. The fraction of sp³-hybridized carbons (Fsp3) is 0.261. The number of allylic oxidation sites excluding steroid dienone is 1. The molecular formula is C23H26INO5. The Morgan fingerprint density at radius 1 is 1.30 bits per heavy atom. The summed E-state index contributed by atoms with van der Waals surface area (Å²) in [6.45, 7) is 3.20. The highest BCUT2D eigenvalue weighted by Crippen LogP contribution is 2.34. The maximum atomic E-state index is 10.6. The zero-order chi connectivity index (χ0) is 22.1. The summed E-state index contributed by atoms with van der Waals surface area (Å²) in [6, 6.07) is 9.18. The number of hydrogen-bond acceptors (Lipinski definition) is 6. The number of rotatable bonds is 10. The number of ether oxygens (including phenoxy) is 1. The number of aromatic nitrogens is 1. The molecule has 1 unspecified atom stereocenters. The predicted molar refractivity (Wildman–Crippen MR) is 126 cm³/mol. The maximum absolute atomic E-state index is 10.6. The van der Waals surface area contributed by atoms with E-state index in [2.05, 4.69) is 11.6 Å². The second kappa shape index (κ2) is 11.8. The van der Waals surface area contributed by atoms with Gasteiger partial charge in [0.1, 0.15) is 0 Å². The number of aliphatic hydroxyl groups is 3. The van der Waals surface area contributed by atoms with Gasteiger partial charge in [0, 0.05) is 6.20 Å². The van der Waals surface area contributed by atoms with Crippen molar-refractivity contribution in [3.63, 3.8) is 0 Å². The number of pyridine rings is 1. The molecule has 1 aromatic heterocycles. The number of aromatic hydroxyl groups is 1. The lowest BCUT2D eigenvalue weighted by Crippen LogP contribution is -2.14. The lowest BCUT2D eigenvalue weighted by molar-refractivity contribution is 0.199. The Morgan fingerprint density at radius 3 is 2.67 bits per heavy atom. The zero-order valence-electron chi connectivity index (χ0n) is 16.8. The van der Waals surface area contributed by atoms with Crippen LogP contribution in [0.2, 0.25) is 0 Å². The van der Waals surface area contributed by atoms with Gasteiger partial charge in [-0.25, -0.2) is 0 Å². The van der Waals surface area contributed by atoms with Gasteiger partial charge in [-0.2, -0.15) is 0 Å². The molecule has 0 spiro atoms. The second-order valence-electron chi connectivity index (χ2n) is 6.60. The van der Waals surface area contributed by atoms with Gasteiger partial charge in [0.15, 0.2) is 11.5 Å². The number of halogens is 1. The van der Waals surface area contributed by atoms with Crippen LogP contribution in [0.3, 0.4) is 0 Å². The van der Waals surface area contributed by atoms with Crippen LogP contribution in [0.1, 0.15) is 24.1 Å². The van der Waals surface area contributed by atoms with Crippen molar-refractivity contribution in [2.75, 3.05) is 20.3 Å². The Kier molecular flexibility index (Phi) is 9.51. The molecule has 4 N–H and O–H groups in total. The van der Waals surface area contributed by atoms with Gasteiger partial charge in [-0.05, 0) is 88.1 Å². The molecule has 0 radical (unpaired) electrons. The summed E-state index contributed by atoms with van der Waals surface area (Å²) in [6.07, 6.45) is 5.04. The fourth-order valence-corrected chi connectivity index (χ4v) is 3.64. The van der Waals surface area contributed by atoms with Crippen molar-refractivity contribution in [2.45, 2.75) is 18.9 Å². The third-order valence-corrected chi connectivity index (χ3v) is 5.38. The average molecular weight is 523 g/mol. The number of benzene rings is 1. The molecule has 1 atom stereocenters. The number of phenols is 1. The molecule has 0 saturated carbocycles. The minimum absolute atomic E-state index is 0.0892.